The summed E-state index contributed by atoms with van der Waals surface area (Å²) in [6.45, 7) is 3.53. The topological polar surface area (TPSA) is 12.0 Å². The summed E-state index contributed by atoms with van der Waals surface area (Å²) in [4.78, 5) is 0. The van der Waals surface area contributed by atoms with E-state index in [1.807, 2.05) is 0 Å². The van der Waals surface area contributed by atoms with Gasteiger partial charge in [0.1, 0.15) is 0 Å². The van der Waals surface area contributed by atoms with Crippen LogP contribution in [0.1, 0.15) is 38.2 Å². The van der Waals surface area contributed by atoms with E-state index in [2.05, 4.69) is 59.5 Å². The Balaban J connectivity index is 2.02. The fourth-order valence-electron chi connectivity index (χ4n) is 3.50. The molecule has 1 aliphatic carbocycles. The zero-order chi connectivity index (χ0) is 13.7. The summed E-state index contributed by atoms with van der Waals surface area (Å²) in [6.07, 6.45) is 6.85. The van der Waals surface area contributed by atoms with E-state index in [9.17, 15) is 0 Å². The molecule has 1 nitrogen and oxygen atoms in total. The molecule has 0 radical (unpaired) electrons. The molecule has 1 N–H and O–H groups in total. The third-order valence-electron chi connectivity index (χ3n) is 4.70. The van der Waals surface area contributed by atoms with Crippen LogP contribution in [-0.4, -0.2) is 13.6 Å². The van der Waals surface area contributed by atoms with Gasteiger partial charge in [0.25, 0.3) is 0 Å². The molecule has 0 aromatic heterocycles. The largest absolute Gasteiger partial charge is 0.319 e. The Morgan fingerprint density at radius 3 is 2.53 bits per heavy atom. The number of halogens is 1. The lowest BCUT2D eigenvalue weighted by atomic mass is 9.71. The van der Waals surface area contributed by atoms with Gasteiger partial charge in [-0.2, -0.15) is 0 Å². The van der Waals surface area contributed by atoms with Crippen molar-refractivity contribution in [2.75, 3.05) is 13.6 Å². The van der Waals surface area contributed by atoms with Crippen LogP contribution in [0.4, 0.5) is 0 Å². The second kappa shape index (κ2) is 7.44. The monoisotopic (exact) mass is 323 g/mol. The Morgan fingerprint density at radius 2 is 1.89 bits per heavy atom. The van der Waals surface area contributed by atoms with Gasteiger partial charge in [-0.3, -0.25) is 0 Å². The molecule has 0 amide bonds. The zero-order valence-electron chi connectivity index (χ0n) is 12.2. The summed E-state index contributed by atoms with van der Waals surface area (Å²) >= 11 is 3.52. The highest BCUT2D eigenvalue weighted by atomic mass is 79.9. The standard InChI is InChI=1S/C17H26BrN/c1-3-13-4-7-15(12-19-2)16(10-13)11-14-5-8-17(18)9-6-14/h5-6,8-9,13,15-16,19H,3-4,7,10-12H2,1-2H3. The molecule has 19 heavy (non-hydrogen) atoms. The average Bonchev–Trinajstić information content (AvgIpc) is 2.43. The molecule has 0 aliphatic heterocycles. The summed E-state index contributed by atoms with van der Waals surface area (Å²) in [5.41, 5.74) is 1.49. The van der Waals surface area contributed by atoms with Crippen LogP contribution >= 0.6 is 15.9 Å². The second-order valence-electron chi connectivity index (χ2n) is 6.00. The van der Waals surface area contributed by atoms with Crippen molar-refractivity contribution in [3.05, 3.63) is 34.3 Å². The Morgan fingerprint density at radius 1 is 1.16 bits per heavy atom. The van der Waals surface area contributed by atoms with Gasteiger partial charge in [-0.15, -0.1) is 0 Å². The minimum Gasteiger partial charge on any atom is -0.319 e. The van der Waals surface area contributed by atoms with Crippen molar-refractivity contribution in [1.29, 1.82) is 0 Å². The van der Waals surface area contributed by atoms with Crippen LogP contribution < -0.4 is 5.32 Å². The molecule has 2 heteroatoms. The van der Waals surface area contributed by atoms with Gasteiger partial charge in [0.2, 0.25) is 0 Å². The highest BCUT2D eigenvalue weighted by Gasteiger charge is 2.29. The molecule has 0 bridgehead atoms. The number of benzene rings is 1. The SMILES string of the molecule is CCC1CCC(CNC)C(Cc2ccc(Br)cc2)C1. The number of nitrogens with one attached hydrogen (secondary N) is 1. The minimum atomic E-state index is 0.854. The van der Waals surface area contributed by atoms with Crippen molar-refractivity contribution < 1.29 is 0 Å². The van der Waals surface area contributed by atoms with Crippen LogP contribution in [0.3, 0.4) is 0 Å². The van der Waals surface area contributed by atoms with Crippen LogP contribution in [0, 0.1) is 17.8 Å². The number of hydrogen-bond acceptors (Lipinski definition) is 1. The third-order valence-corrected chi connectivity index (χ3v) is 5.23. The van der Waals surface area contributed by atoms with Crippen molar-refractivity contribution in [3.63, 3.8) is 0 Å². The molecule has 1 fully saturated rings. The van der Waals surface area contributed by atoms with E-state index >= 15 is 0 Å². The first kappa shape index (κ1) is 15.1. The molecular formula is C17H26BrN. The molecule has 0 spiro atoms. The van der Waals surface area contributed by atoms with Crippen molar-refractivity contribution in [1.82, 2.24) is 5.32 Å². The van der Waals surface area contributed by atoms with Gasteiger partial charge in [0.15, 0.2) is 0 Å². The maximum atomic E-state index is 3.52. The van der Waals surface area contributed by atoms with E-state index in [1.165, 1.54) is 48.7 Å². The fourth-order valence-corrected chi connectivity index (χ4v) is 3.76. The molecular weight excluding hydrogens is 298 g/mol. The average molecular weight is 324 g/mol. The smallest absolute Gasteiger partial charge is 0.0175 e. The summed E-state index contributed by atoms with van der Waals surface area (Å²) in [5.74, 6) is 2.66. The van der Waals surface area contributed by atoms with E-state index < -0.39 is 0 Å². The molecule has 106 valence electrons. The van der Waals surface area contributed by atoms with Crippen molar-refractivity contribution in [2.24, 2.45) is 17.8 Å². The summed E-state index contributed by atoms with van der Waals surface area (Å²) < 4.78 is 1.18. The predicted octanol–water partition coefficient (Wildman–Crippen LogP) is 4.65. The molecule has 2 rings (SSSR count). The van der Waals surface area contributed by atoms with Gasteiger partial charge in [-0.1, -0.05) is 47.8 Å². The highest BCUT2D eigenvalue weighted by molar-refractivity contribution is 9.10. The van der Waals surface area contributed by atoms with E-state index in [4.69, 9.17) is 0 Å². The first-order valence-electron chi connectivity index (χ1n) is 7.62. The molecule has 0 heterocycles. The van der Waals surface area contributed by atoms with Gasteiger partial charge in [0, 0.05) is 4.47 Å². The lowest BCUT2D eigenvalue weighted by Crippen LogP contribution is -2.32. The van der Waals surface area contributed by atoms with E-state index in [-0.39, 0.29) is 0 Å². The Bertz CT molecular complexity index is 373. The maximum Gasteiger partial charge on any atom is 0.0175 e. The van der Waals surface area contributed by atoms with Gasteiger partial charge in [-0.25, -0.2) is 0 Å². The molecule has 3 unspecified atom stereocenters. The fraction of sp³-hybridized carbons (Fsp3) is 0.647. The van der Waals surface area contributed by atoms with Crippen molar-refractivity contribution in [3.8, 4) is 0 Å². The second-order valence-corrected chi connectivity index (χ2v) is 6.91. The number of rotatable bonds is 5. The van der Waals surface area contributed by atoms with E-state index in [0.29, 0.717) is 0 Å². The van der Waals surface area contributed by atoms with Gasteiger partial charge >= 0.3 is 0 Å². The molecule has 1 saturated carbocycles. The van der Waals surface area contributed by atoms with E-state index in [0.717, 1.165) is 17.8 Å². The Kier molecular flexibility index (Phi) is 5.90. The van der Waals surface area contributed by atoms with Crippen molar-refractivity contribution >= 4 is 15.9 Å². The first-order chi connectivity index (χ1) is 9.22. The van der Waals surface area contributed by atoms with Crippen LogP contribution in [0.25, 0.3) is 0 Å². The Labute approximate surface area is 126 Å². The first-order valence-corrected chi connectivity index (χ1v) is 8.41. The molecule has 3 atom stereocenters. The molecule has 0 saturated heterocycles. The summed E-state index contributed by atoms with van der Waals surface area (Å²) in [5, 5.41) is 3.39. The van der Waals surface area contributed by atoms with Gasteiger partial charge < -0.3 is 5.32 Å². The molecule has 1 aliphatic rings. The lowest BCUT2D eigenvalue weighted by molar-refractivity contribution is 0.173. The van der Waals surface area contributed by atoms with Gasteiger partial charge in [0.05, 0.1) is 0 Å². The van der Waals surface area contributed by atoms with Crippen LogP contribution in [0.15, 0.2) is 28.7 Å². The summed E-state index contributed by atoms with van der Waals surface area (Å²) in [6, 6.07) is 8.89. The molecule has 1 aromatic rings. The number of hydrogen-bond donors (Lipinski definition) is 1. The van der Waals surface area contributed by atoms with Crippen LogP contribution in [0.2, 0.25) is 0 Å². The molecule has 1 aromatic carbocycles. The predicted molar refractivity (Wildman–Crippen MR) is 86.4 cm³/mol. The normalized spacial score (nSPS) is 27.4. The maximum absolute atomic E-state index is 3.52. The zero-order valence-corrected chi connectivity index (χ0v) is 13.7. The van der Waals surface area contributed by atoms with Crippen LogP contribution in [0.5, 0.6) is 0 Å². The van der Waals surface area contributed by atoms with Crippen LogP contribution in [-0.2, 0) is 6.42 Å². The van der Waals surface area contributed by atoms with Crippen molar-refractivity contribution in [2.45, 2.75) is 39.0 Å². The highest BCUT2D eigenvalue weighted by Crippen LogP contribution is 2.37. The Hall–Kier alpha value is -0.340. The van der Waals surface area contributed by atoms with E-state index in [1.54, 1.807) is 0 Å². The quantitative estimate of drug-likeness (QED) is 0.831. The summed E-state index contributed by atoms with van der Waals surface area (Å²) in [7, 11) is 2.09. The third kappa shape index (κ3) is 4.32. The minimum absolute atomic E-state index is 0.854. The van der Waals surface area contributed by atoms with Gasteiger partial charge in [-0.05, 0) is 68.3 Å². The lowest BCUT2D eigenvalue weighted by Gasteiger charge is -2.36.